The SMILES string of the molecule is CCOC(=O)N1CCN(C(=O)C(CCC(=O)O)NC(=O)c2cc(OC3CCOC3)nc(-c3ccccc3)n2)CC1. The summed E-state index contributed by atoms with van der Waals surface area (Å²) >= 11 is 0. The zero-order valence-electron chi connectivity index (χ0n) is 22.3. The minimum atomic E-state index is -1.11. The van der Waals surface area contributed by atoms with Crippen molar-refractivity contribution in [2.75, 3.05) is 46.0 Å². The summed E-state index contributed by atoms with van der Waals surface area (Å²) in [5.74, 6) is -1.73. The lowest BCUT2D eigenvalue weighted by Gasteiger charge is -2.35. The van der Waals surface area contributed by atoms with Gasteiger partial charge in [-0.05, 0) is 13.3 Å². The van der Waals surface area contributed by atoms with Gasteiger partial charge in [0.2, 0.25) is 11.8 Å². The van der Waals surface area contributed by atoms with Gasteiger partial charge in [0.05, 0.1) is 19.8 Å². The summed E-state index contributed by atoms with van der Waals surface area (Å²) in [6.07, 6.45) is -0.425. The molecule has 2 aromatic rings. The number of aromatic nitrogens is 2. The van der Waals surface area contributed by atoms with Crippen LogP contribution < -0.4 is 10.1 Å². The average Bonchev–Trinajstić information content (AvgIpc) is 3.48. The first-order valence-electron chi connectivity index (χ1n) is 13.3. The minimum absolute atomic E-state index is 0.0250. The lowest BCUT2D eigenvalue weighted by Crippen LogP contribution is -2.56. The number of carbonyl (C=O) groups excluding carboxylic acids is 3. The van der Waals surface area contributed by atoms with E-state index >= 15 is 0 Å². The summed E-state index contributed by atoms with van der Waals surface area (Å²) in [4.78, 5) is 62.0. The highest BCUT2D eigenvalue weighted by Gasteiger charge is 2.31. The summed E-state index contributed by atoms with van der Waals surface area (Å²) in [6, 6.07) is 9.37. The fraction of sp³-hybridized carbons (Fsp3) is 0.481. The molecule has 13 nitrogen and oxygen atoms in total. The number of nitrogens with zero attached hydrogens (tertiary/aromatic N) is 4. The molecular formula is C27H33N5O8. The van der Waals surface area contributed by atoms with Crippen LogP contribution in [-0.4, -0.2) is 107 Å². The molecule has 2 saturated heterocycles. The van der Waals surface area contributed by atoms with Gasteiger partial charge in [-0.15, -0.1) is 0 Å². The van der Waals surface area contributed by atoms with E-state index in [1.807, 2.05) is 18.2 Å². The Balaban J connectivity index is 1.52. The highest BCUT2D eigenvalue weighted by atomic mass is 16.6. The maximum Gasteiger partial charge on any atom is 0.409 e. The largest absolute Gasteiger partial charge is 0.481 e. The van der Waals surface area contributed by atoms with Crippen LogP contribution in [0.4, 0.5) is 4.79 Å². The number of ether oxygens (including phenoxy) is 3. The lowest BCUT2D eigenvalue weighted by atomic mass is 10.1. The Labute approximate surface area is 231 Å². The first-order valence-corrected chi connectivity index (χ1v) is 13.3. The summed E-state index contributed by atoms with van der Waals surface area (Å²) in [7, 11) is 0. The van der Waals surface area contributed by atoms with Gasteiger partial charge < -0.3 is 34.4 Å². The monoisotopic (exact) mass is 555 g/mol. The lowest BCUT2D eigenvalue weighted by molar-refractivity contribution is -0.138. The maximum absolute atomic E-state index is 13.4. The Bertz CT molecular complexity index is 1200. The number of rotatable bonds is 10. The molecule has 2 N–H and O–H groups in total. The van der Waals surface area contributed by atoms with Crippen molar-refractivity contribution >= 4 is 23.9 Å². The predicted octanol–water partition coefficient (Wildman–Crippen LogP) is 1.58. The molecule has 2 atom stereocenters. The van der Waals surface area contributed by atoms with Crippen LogP contribution in [0.3, 0.4) is 0 Å². The van der Waals surface area contributed by atoms with Crippen molar-refractivity contribution in [3.05, 3.63) is 42.1 Å². The van der Waals surface area contributed by atoms with E-state index in [9.17, 15) is 24.3 Å². The molecule has 2 unspecified atom stereocenters. The number of carboxylic acids is 1. The number of aliphatic carboxylic acids is 1. The van der Waals surface area contributed by atoms with E-state index in [0.717, 1.165) is 0 Å². The first-order chi connectivity index (χ1) is 19.3. The van der Waals surface area contributed by atoms with Gasteiger partial charge in [-0.25, -0.2) is 9.78 Å². The smallest absolute Gasteiger partial charge is 0.409 e. The zero-order chi connectivity index (χ0) is 28.5. The topological polar surface area (TPSA) is 160 Å². The average molecular weight is 556 g/mol. The van der Waals surface area contributed by atoms with Crippen LogP contribution in [0.2, 0.25) is 0 Å². The van der Waals surface area contributed by atoms with Gasteiger partial charge in [0, 0.05) is 50.7 Å². The number of piperazine rings is 1. The van der Waals surface area contributed by atoms with Gasteiger partial charge in [-0.2, -0.15) is 4.98 Å². The molecule has 0 bridgehead atoms. The summed E-state index contributed by atoms with van der Waals surface area (Å²) in [5.41, 5.74) is 0.644. The van der Waals surface area contributed by atoms with Crippen LogP contribution in [0.15, 0.2) is 36.4 Å². The van der Waals surface area contributed by atoms with Gasteiger partial charge in [0.15, 0.2) is 5.82 Å². The standard InChI is InChI=1S/C27H33N5O8/c1-2-39-27(37)32-13-11-31(12-14-32)26(36)20(8-9-23(33)34)29-25(35)21-16-22(40-19-10-15-38-17-19)30-24(28-21)18-6-4-3-5-7-18/h3-7,16,19-20H,2,8-15,17H2,1H3,(H,29,35)(H,33,34). The number of hydrogen-bond acceptors (Lipinski definition) is 9. The van der Waals surface area contributed by atoms with Crippen molar-refractivity contribution in [3.8, 4) is 17.3 Å². The second-order valence-corrected chi connectivity index (χ2v) is 9.35. The normalized spacial score (nSPS) is 17.7. The molecule has 13 heteroatoms. The van der Waals surface area contributed by atoms with Crippen LogP contribution in [0.1, 0.15) is 36.7 Å². The Kier molecular flexibility index (Phi) is 9.84. The van der Waals surface area contributed by atoms with E-state index in [1.165, 1.54) is 15.9 Å². The molecule has 1 aromatic heterocycles. The highest BCUT2D eigenvalue weighted by molar-refractivity contribution is 5.96. The molecule has 3 amide bonds. The number of amides is 3. The number of carboxylic acid groups (broad SMARTS) is 1. The molecule has 1 aromatic carbocycles. The summed E-state index contributed by atoms with van der Waals surface area (Å²) in [6.45, 7) is 3.92. The second-order valence-electron chi connectivity index (χ2n) is 9.35. The summed E-state index contributed by atoms with van der Waals surface area (Å²) in [5, 5.41) is 11.9. The van der Waals surface area contributed by atoms with Gasteiger partial charge in [-0.3, -0.25) is 14.4 Å². The van der Waals surface area contributed by atoms with Crippen LogP contribution >= 0.6 is 0 Å². The van der Waals surface area contributed by atoms with E-state index in [0.29, 0.717) is 25.2 Å². The quantitative estimate of drug-likeness (QED) is 0.440. The van der Waals surface area contributed by atoms with Gasteiger partial charge in [-0.1, -0.05) is 30.3 Å². The molecule has 2 aliphatic rings. The van der Waals surface area contributed by atoms with Gasteiger partial charge in [0.25, 0.3) is 5.91 Å². The number of benzene rings is 1. The van der Waals surface area contributed by atoms with Crippen molar-refractivity contribution < 1.29 is 38.5 Å². The van der Waals surface area contributed by atoms with Crippen molar-refractivity contribution in [2.45, 2.75) is 38.3 Å². The van der Waals surface area contributed by atoms with Crippen molar-refractivity contribution in [2.24, 2.45) is 0 Å². The van der Waals surface area contributed by atoms with Crippen molar-refractivity contribution in [1.29, 1.82) is 0 Å². The number of hydrogen-bond donors (Lipinski definition) is 2. The van der Waals surface area contributed by atoms with Crippen LogP contribution in [-0.2, 0) is 19.1 Å². The molecule has 2 fully saturated rings. The fourth-order valence-electron chi connectivity index (χ4n) is 4.40. The van der Waals surface area contributed by atoms with Crippen molar-refractivity contribution in [1.82, 2.24) is 25.1 Å². The molecule has 40 heavy (non-hydrogen) atoms. The molecule has 4 rings (SSSR count). The predicted molar refractivity (Wildman–Crippen MR) is 141 cm³/mol. The third-order valence-electron chi connectivity index (χ3n) is 6.51. The fourth-order valence-corrected chi connectivity index (χ4v) is 4.40. The van der Waals surface area contributed by atoms with E-state index in [-0.39, 0.29) is 69.1 Å². The molecule has 0 aliphatic carbocycles. The van der Waals surface area contributed by atoms with Crippen molar-refractivity contribution in [3.63, 3.8) is 0 Å². The molecule has 214 valence electrons. The highest BCUT2D eigenvalue weighted by Crippen LogP contribution is 2.22. The van der Waals surface area contributed by atoms with Crippen LogP contribution in [0.5, 0.6) is 5.88 Å². The first kappa shape index (κ1) is 28.7. The van der Waals surface area contributed by atoms with Crippen LogP contribution in [0.25, 0.3) is 11.4 Å². The molecule has 3 heterocycles. The van der Waals surface area contributed by atoms with E-state index < -0.39 is 29.9 Å². The van der Waals surface area contributed by atoms with Gasteiger partial charge >= 0.3 is 12.1 Å². The maximum atomic E-state index is 13.4. The Morgan fingerprint density at radius 2 is 1.82 bits per heavy atom. The van der Waals surface area contributed by atoms with E-state index in [1.54, 1.807) is 19.1 Å². The Morgan fingerprint density at radius 3 is 2.48 bits per heavy atom. The van der Waals surface area contributed by atoms with E-state index in [2.05, 4.69) is 15.3 Å². The molecule has 0 spiro atoms. The number of carbonyl (C=O) groups is 4. The minimum Gasteiger partial charge on any atom is -0.481 e. The Hall–Kier alpha value is -4.26. The second kappa shape index (κ2) is 13.7. The Morgan fingerprint density at radius 1 is 1.10 bits per heavy atom. The zero-order valence-corrected chi connectivity index (χ0v) is 22.3. The molecule has 2 aliphatic heterocycles. The third kappa shape index (κ3) is 7.65. The van der Waals surface area contributed by atoms with Gasteiger partial charge in [0.1, 0.15) is 17.8 Å². The third-order valence-corrected chi connectivity index (χ3v) is 6.51. The molecule has 0 saturated carbocycles. The molecular weight excluding hydrogens is 522 g/mol. The summed E-state index contributed by atoms with van der Waals surface area (Å²) < 4.78 is 16.3. The van der Waals surface area contributed by atoms with E-state index in [4.69, 9.17) is 14.2 Å². The van der Waals surface area contributed by atoms with Crippen LogP contribution in [0, 0.1) is 0 Å². The number of nitrogens with one attached hydrogen (secondary N) is 1. The molecule has 0 radical (unpaired) electrons.